The van der Waals surface area contributed by atoms with Crippen molar-refractivity contribution in [3.63, 3.8) is 0 Å². The minimum Gasteiger partial charge on any atom is -0.378 e. The number of ether oxygens (including phenoxy) is 1. The Morgan fingerprint density at radius 1 is 1.23 bits per heavy atom. The first-order valence-electron chi connectivity index (χ1n) is 8.30. The Bertz CT molecular complexity index is 581. The van der Waals surface area contributed by atoms with Crippen LogP contribution in [0.1, 0.15) is 49.0 Å². The molecule has 0 unspecified atom stereocenters. The molecule has 118 valence electrons. The average Bonchev–Trinajstić information content (AvgIpc) is 2.99. The van der Waals surface area contributed by atoms with E-state index in [1.807, 2.05) is 30.3 Å². The summed E-state index contributed by atoms with van der Waals surface area (Å²) in [5, 5.41) is 4.01. The maximum absolute atomic E-state index is 12.1. The van der Waals surface area contributed by atoms with Crippen LogP contribution in [0.4, 0.5) is 0 Å². The van der Waals surface area contributed by atoms with Gasteiger partial charge in [-0.05, 0) is 31.4 Å². The van der Waals surface area contributed by atoms with Gasteiger partial charge in [-0.25, -0.2) is 0 Å². The molecule has 0 radical (unpaired) electrons. The molecule has 3 rings (SSSR count). The first-order chi connectivity index (χ1) is 10.8. The number of hydrogen-bond acceptors (Lipinski definition) is 2. The van der Waals surface area contributed by atoms with Crippen LogP contribution in [0.25, 0.3) is 10.9 Å². The fourth-order valence-corrected chi connectivity index (χ4v) is 3.05. The van der Waals surface area contributed by atoms with E-state index in [0.717, 1.165) is 23.9 Å². The summed E-state index contributed by atoms with van der Waals surface area (Å²) < 4.78 is 5.86. The van der Waals surface area contributed by atoms with E-state index in [4.69, 9.17) is 4.74 Å². The van der Waals surface area contributed by atoms with Gasteiger partial charge in [0.25, 0.3) is 5.91 Å². The van der Waals surface area contributed by atoms with Gasteiger partial charge in [0.15, 0.2) is 0 Å². The topological polar surface area (TPSA) is 54.1 Å². The third-order valence-electron chi connectivity index (χ3n) is 4.29. The Morgan fingerprint density at radius 2 is 2.05 bits per heavy atom. The lowest BCUT2D eigenvalue weighted by molar-refractivity contribution is 0.0273. The summed E-state index contributed by atoms with van der Waals surface area (Å²) >= 11 is 0. The monoisotopic (exact) mass is 300 g/mol. The van der Waals surface area contributed by atoms with Crippen LogP contribution >= 0.6 is 0 Å². The van der Waals surface area contributed by atoms with Crippen LogP contribution < -0.4 is 5.32 Å². The predicted molar refractivity (Wildman–Crippen MR) is 88.1 cm³/mol. The number of benzene rings is 1. The fourth-order valence-electron chi connectivity index (χ4n) is 3.05. The zero-order chi connectivity index (χ0) is 15.2. The molecule has 1 aromatic carbocycles. The Labute approximate surface area is 131 Å². The van der Waals surface area contributed by atoms with Crippen LogP contribution in [-0.4, -0.2) is 30.1 Å². The Balaban J connectivity index is 1.38. The molecule has 1 fully saturated rings. The van der Waals surface area contributed by atoms with E-state index in [1.165, 1.54) is 32.1 Å². The Kier molecular flexibility index (Phi) is 5.11. The van der Waals surface area contributed by atoms with E-state index >= 15 is 0 Å². The highest BCUT2D eigenvalue weighted by molar-refractivity contribution is 5.97. The molecule has 0 atom stereocenters. The lowest BCUT2D eigenvalue weighted by Crippen LogP contribution is -2.26. The molecule has 1 amide bonds. The molecule has 1 aliphatic carbocycles. The number of nitrogens with one attached hydrogen (secondary N) is 2. The van der Waals surface area contributed by atoms with Gasteiger partial charge in [0.1, 0.15) is 5.69 Å². The zero-order valence-corrected chi connectivity index (χ0v) is 12.9. The molecule has 1 aliphatic rings. The third-order valence-corrected chi connectivity index (χ3v) is 4.29. The molecule has 2 N–H and O–H groups in total. The highest BCUT2D eigenvalue weighted by Crippen LogP contribution is 2.20. The van der Waals surface area contributed by atoms with Crippen LogP contribution in [0, 0.1) is 0 Å². The van der Waals surface area contributed by atoms with Crippen molar-refractivity contribution in [2.45, 2.75) is 44.6 Å². The van der Waals surface area contributed by atoms with E-state index in [-0.39, 0.29) is 5.91 Å². The lowest BCUT2D eigenvalue weighted by atomic mass is 9.98. The third kappa shape index (κ3) is 3.89. The van der Waals surface area contributed by atoms with Crippen LogP contribution in [0.3, 0.4) is 0 Å². The van der Waals surface area contributed by atoms with Crippen molar-refractivity contribution in [1.29, 1.82) is 0 Å². The van der Waals surface area contributed by atoms with Crippen molar-refractivity contribution in [3.05, 3.63) is 36.0 Å². The van der Waals surface area contributed by atoms with Gasteiger partial charge in [-0.15, -0.1) is 0 Å². The molecule has 2 aromatic rings. The summed E-state index contributed by atoms with van der Waals surface area (Å²) in [4.78, 5) is 15.2. The van der Waals surface area contributed by atoms with Gasteiger partial charge in [-0.2, -0.15) is 0 Å². The maximum atomic E-state index is 12.1. The van der Waals surface area contributed by atoms with Gasteiger partial charge in [0.05, 0.1) is 6.10 Å². The van der Waals surface area contributed by atoms with Crippen molar-refractivity contribution in [2.24, 2.45) is 0 Å². The van der Waals surface area contributed by atoms with Crippen LogP contribution in [0.5, 0.6) is 0 Å². The number of para-hydroxylation sites is 1. The average molecular weight is 300 g/mol. The standard InChI is InChI=1S/C18H24N2O2/c21-18(17-13-14-7-4-5-10-16(14)20-17)19-11-6-12-22-15-8-2-1-3-9-15/h4-5,7,10,13,15,20H,1-3,6,8-9,11-12H2,(H,19,21). The minimum atomic E-state index is -0.0473. The van der Waals surface area contributed by atoms with E-state index in [2.05, 4.69) is 10.3 Å². The highest BCUT2D eigenvalue weighted by atomic mass is 16.5. The number of aromatic nitrogens is 1. The van der Waals surface area contributed by atoms with Crippen molar-refractivity contribution in [1.82, 2.24) is 10.3 Å². The van der Waals surface area contributed by atoms with E-state index in [0.29, 0.717) is 18.3 Å². The summed E-state index contributed by atoms with van der Waals surface area (Å²) in [6, 6.07) is 9.80. The van der Waals surface area contributed by atoms with Crippen LogP contribution in [-0.2, 0) is 4.74 Å². The molecule has 0 saturated heterocycles. The summed E-state index contributed by atoms with van der Waals surface area (Å²) in [7, 11) is 0. The highest BCUT2D eigenvalue weighted by Gasteiger charge is 2.13. The van der Waals surface area contributed by atoms with Gasteiger partial charge in [-0.1, -0.05) is 37.5 Å². The number of carbonyl (C=O) groups excluding carboxylic acids is 1. The quantitative estimate of drug-likeness (QED) is 0.800. The number of fused-ring (bicyclic) bond motifs is 1. The molecule has 4 heteroatoms. The number of hydrogen-bond donors (Lipinski definition) is 2. The van der Waals surface area contributed by atoms with E-state index in [1.54, 1.807) is 0 Å². The Morgan fingerprint density at radius 3 is 2.86 bits per heavy atom. The maximum Gasteiger partial charge on any atom is 0.267 e. The molecule has 1 saturated carbocycles. The molecule has 0 bridgehead atoms. The van der Waals surface area contributed by atoms with Crippen LogP contribution in [0.15, 0.2) is 30.3 Å². The largest absolute Gasteiger partial charge is 0.378 e. The van der Waals surface area contributed by atoms with Crippen LogP contribution in [0.2, 0.25) is 0 Å². The van der Waals surface area contributed by atoms with Gasteiger partial charge < -0.3 is 15.0 Å². The smallest absolute Gasteiger partial charge is 0.267 e. The van der Waals surface area contributed by atoms with E-state index < -0.39 is 0 Å². The summed E-state index contributed by atoms with van der Waals surface area (Å²) in [5.41, 5.74) is 1.61. The van der Waals surface area contributed by atoms with Gasteiger partial charge in [-0.3, -0.25) is 4.79 Å². The molecule has 1 aromatic heterocycles. The van der Waals surface area contributed by atoms with Gasteiger partial charge in [0.2, 0.25) is 0 Å². The number of H-pyrrole nitrogens is 1. The molecule has 22 heavy (non-hydrogen) atoms. The number of amides is 1. The molecule has 1 heterocycles. The summed E-state index contributed by atoms with van der Waals surface area (Å²) in [6.45, 7) is 1.39. The first kappa shape index (κ1) is 15.1. The second-order valence-electron chi connectivity index (χ2n) is 6.01. The van der Waals surface area contributed by atoms with E-state index in [9.17, 15) is 4.79 Å². The number of carbonyl (C=O) groups is 1. The molecule has 0 aliphatic heterocycles. The number of aromatic amines is 1. The van der Waals surface area contributed by atoms with Gasteiger partial charge in [0, 0.05) is 24.1 Å². The zero-order valence-electron chi connectivity index (χ0n) is 12.9. The minimum absolute atomic E-state index is 0.0473. The molecule has 0 spiro atoms. The SMILES string of the molecule is O=C(NCCCOC1CCCCC1)c1cc2ccccc2[nH]1. The van der Waals surface area contributed by atoms with Gasteiger partial charge >= 0.3 is 0 Å². The molecule has 4 nitrogen and oxygen atoms in total. The summed E-state index contributed by atoms with van der Waals surface area (Å²) in [5.74, 6) is -0.0473. The first-order valence-corrected chi connectivity index (χ1v) is 8.30. The fraction of sp³-hybridized carbons (Fsp3) is 0.500. The predicted octanol–water partition coefficient (Wildman–Crippen LogP) is 3.64. The van der Waals surface area contributed by atoms with Crippen molar-refractivity contribution < 1.29 is 9.53 Å². The van der Waals surface area contributed by atoms with Crippen molar-refractivity contribution in [2.75, 3.05) is 13.2 Å². The van der Waals surface area contributed by atoms with Crippen molar-refractivity contribution in [3.8, 4) is 0 Å². The Hall–Kier alpha value is -1.81. The normalized spacial score (nSPS) is 16.0. The second kappa shape index (κ2) is 7.45. The molecular weight excluding hydrogens is 276 g/mol. The molecular formula is C18H24N2O2. The number of rotatable bonds is 6. The second-order valence-corrected chi connectivity index (χ2v) is 6.01. The lowest BCUT2D eigenvalue weighted by Gasteiger charge is -2.21. The van der Waals surface area contributed by atoms with Crippen molar-refractivity contribution >= 4 is 16.8 Å². The summed E-state index contributed by atoms with van der Waals surface area (Å²) in [6.07, 6.45) is 7.63.